The lowest BCUT2D eigenvalue weighted by Gasteiger charge is -2.24. The molecule has 108 valence electrons. The van der Waals surface area contributed by atoms with Crippen LogP contribution in [-0.4, -0.2) is 16.3 Å². The Morgan fingerprint density at radius 1 is 1.29 bits per heavy atom. The van der Waals surface area contributed by atoms with Crippen molar-refractivity contribution in [1.29, 1.82) is 0 Å². The van der Waals surface area contributed by atoms with E-state index >= 15 is 0 Å². The summed E-state index contributed by atoms with van der Waals surface area (Å²) in [6.45, 7) is 2.81. The molecule has 1 aliphatic heterocycles. The lowest BCUT2D eigenvalue weighted by molar-refractivity contribution is -0.131. The van der Waals surface area contributed by atoms with Gasteiger partial charge < -0.3 is 4.90 Å². The van der Waals surface area contributed by atoms with Crippen LogP contribution in [0.2, 0.25) is 0 Å². The molecule has 4 rings (SSSR count). The topological polar surface area (TPSA) is 32.3 Å². The van der Waals surface area contributed by atoms with E-state index in [1.807, 2.05) is 23.1 Å². The summed E-state index contributed by atoms with van der Waals surface area (Å²) in [4.78, 5) is 14.8. The van der Waals surface area contributed by atoms with Crippen LogP contribution in [-0.2, 0) is 11.3 Å². The minimum absolute atomic E-state index is 0.000463. The molecule has 1 N–H and O–H groups in total. The van der Waals surface area contributed by atoms with E-state index in [4.69, 9.17) is 0 Å². The second-order valence-corrected chi connectivity index (χ2v) is 6.80. The fourth-order valence-corrected chi connectivity index (χ4v) is 3.92. The summed E-state index contributed by atoms with van der Waals surface area (Å²) in [5.74, 6) is 0.266. The third kappa shape index (κ3) is 2.10. The van der Waals surface area contributed by atoms with Crippen LogP contribution in [0.5, 0.6) is 0 Å². The zero-order valence-electron chi connectivity index (χ0n) is 12.0. The molecule has 2 heterocycles. The first kappa shape index (κ1) is 13.0. The first-order valence-electron chi connectivity index (χ1n) is 7.35. The summed E-state index contributed by atoms with van der Waals surface area (Å²) in [6.07, 6.45) is 1.93. The molecule has 0 radical (unpaired) electrons. The van der Waals surface area contributed by atoms with Crippen molar-refractivity contribution < 1.29 is 4.79 Å². The second kappa shape index (κ2) is 4.68. The van der Waals surface area contributed by atoms with Gasteiger partial charge in [0.1, 0.15) is 11.7 Å². The highest BCUT2D eigenvalue weighted by Gasteiger charge is 2.59. The standard InChI is InChI=1S/C17H18N2OS/c1-12-10-21-11-14(12)9-19-15(13-5-3-2-4-6-13)18-17(7-8-17)16(19)20/h2-6,10-11,15,18H,7-9H2,1H3. The lowest BCUT2D eigenvalue weighted by atomic mass is 10.1. The van der Waals surface area contributed by atoms with Gasteiger partial charge in [-0.15, -0.1) is 0 Å². The van der Waals surface area contributed by atoms with Gasteiger partial charge in [-0.05, 0) is 47.2 Å². The van der Waals surface area contributed by atoms with Crippen molar-refractivity contribution >= 4 is 17.2 Å². The molecule has 1 aliphatic carbocycles. The number of rotatable bonds is 3. The van der Waals surface area contributed by atoms with E-state index < -0.39 is 0 Å². The molecule has 1 unspecified atom stereocenters. The Morgan fingerprint density at radius 3 is 2.67 bits per heavy atom. The number of carbonyl (C=O) groups excluding carboxylic acids is 1. The zero-order valence-corrected chi connectivity index (χ0v) is 12.8. The van der Waals surface area contributed by atoms with Gasteiger partial charge in [0, 0.05) is 6.54 Å². The number of aryl methyl sites for hydroxylation is 1. The Hall–Kier alpha value is -1.65. The highest BCUT2D eigenvalue weighted by Crippen LogP contribution is 2.46. The summed E-state index contributed by atoms with van der Waals surface area (Å²) in [5.41, 5.74) is 3.43. The molecule has 1 amide bonds. The van der Waals surface area contributed by atoms with Crippen LogP contribution in [0.1, 0.15) is 35.7 Å². The smallest absolute Gasteiger partial charge is 0.244 e. The Bertz CT molecular complexity index is 675. The fraction of sp³-hybridized carbons (Fsp3) is 0.353. The molecule has 1 aromatic heterocycles. The molecule has 21 heavy (non-hydrogen) atoms. The Morgan fingerprint density at radius 2 is 2.05 bits per heavy atom. The number of benzene rings is 1. The summed E-state index contributed by atoms with van der Waals surface area (Å²) in [6, 6.07) is 10.3. The average molecular weight is 298 g/mol. The molecule has 2 aliphatic rings. The molecular formula is C17H18N2OS. The van der Waals surface area contributed by atoms with Crippen molar-refractivity contribution in [2.75, 3.05) is 0 Å². The number of thiophene rings is 1. The van der Waals surface area contributed by atoms with Gasteiger partial charge in [-0.25, -0.2) is 0 Å². The first-order valence-corrected chi connectivity index (χ1v) is 8.29. The Kier molecular flexibility index (Phi) is 2.91. The maximum Gasteiger partial charge on any atom is 0.244 e. The monoisotopic (exact) mass is 298 g/mol. The van der Waals surface area contributed by atoms with Crippen LogP contribution >= 0.6 is 11.3 Å². The molecule has 1 spiro atoms. The van der Waals surface area contributed by atoms with E-state index in [2.05, 4.69) is 35.1 Å². The third-order valence-electron chi connectivity index (χ3n) is 4.56. The van der Waals surface area contributed by atoms with E-state index in [-0.39, 0.29) is 17.6 Å². The van der Waals surface area contributed by atoms with Crippen LogP contribution in [0.15, 0.2) is 41.1 Å². The largest absolute Gasteiger partial charge is 0.317 e. The fourth-order valence-electron chi connectivity index (χ4n) is 3.07. The van der Waals surface area contributed by atoms with E-state index in [1.54, 1.807) is 11.3 Å². The molecule has 2 aromatic rings. The van der Waals surface area contributed by atoms with E-state index in [1.165, 1.54) is 16.7 Å². The molecule has 4 heteroatoms. The van der Waals surface area contributed by atoms with Gasteiger partial charge in [0.25, 0.3) is 0 Å². The van der Waals surface area contributed by atoms with E-state index in [0.29, 0.717) is 6.54 Å². The number of carbonyl (C=O) groups is 1. The van der Waals surface area contributed by atoms with Crippen molar-refractivity contribution in [3.63, 3.8) is 0 Å². The minimum atomic E-state index is -0.273. The van der Waals surface area contributed by atoms with Gasteiger partial charge in [-0.3, -0.25) is 10.1 Å². The predicted molar refractivity (Wildman–Crippen MR) is 83.9 cm³/mol. The zero-order chi connectivity index (χ0) is 14.4. The molecular weight excluding hydrogens is 280 g/mol. The molecule has 3 nitrogen and oxygen atoms in total. The van der Waals surface area contributed by atoms with Crippen molar-refractivity contribution in [1.82, 2.24) is 10.2 Å². The lowest BCUT2D eigenvalue weighted by Crippen LogP contribution is -2.32. The molecule has 2 fully saturated rings. The van der Waals surface area contributed by atoms with Crippen LogP contribution in [0.4, 0.5) is 0 Å². The Balaban J connectivity index is 1.68. The molecule has 1 saturated heterocycles. The number of hydrogen-bond acceptors (Lipinski definition) is 3. The number of hydrogen-bond donors (Lipinski definition) is 1. The van der Waals surface area contributed by atoms with Gasteiger partial charge in [-0.2, -0.15) is 11.3 Å². The first-order chi connectivity index (χ1) is 10.2. The van der Waals surface area contributed by atoms with Gasteiger partial charge in [0.15, 0.2) is 0 Å². The van der Waals surface area contributed by atoms with E-state index in [0.717, 1.165) is 12.8 Å². The number of amides is 1. The molecule has 1 atom stereocenters. The van der Waals surface area contributed by atoms with Crippen molar-refractivity contribution in [3.05, 3.63) is 57.8 Å². The highest BCUT2D eigenvalue weighted by atomic mass is 32.1. The quantitative estimate of drug-likeness (QED) is 0.943. The second-order valence-electron chi connectivity index (χ2n) is 6.05. The van der Waals surface area contributed by atoms with E-state index in [9.17, 15) is 4.79 Å². The predicted octanol–water partition coefficient (Wildman–Crippen LogP) is 3.22. The summed E-state index contributed by atoms with van der Waals surface area (Å²) >= 11 is 1.70. The summed E-state index contributed by atoms with van der Waals surface area (Å²) < 4.78 is 0. The SMILES string of the molecule is Cc1cscc1CN1C(=O)C2(CC2)NC1c1ccccc1. The normalized spacial score (nSPS) is 23.0. The number of nitrogens with zero attached hydrogens (tertiary/aromatic N) is 1. The van der Waals surface area contributed by atoms with Crippen LogP contribution in [0.3, 0.4) is 0 Å². The number of nitrogens with one attached hydrogen (secondary N) is 1. The third-order valence-corrected chi connectivity index (χ3v) is 5.47. The Labute approximate surface area is 128 Å². The van der Waals surface area contributed by atoms with Crippen LogP contribution < -0.4 is 5.32 Å². The summed E-state index contributed by atoms with van der Waals surface area (Å²) in [7, 11) is 0. The average Bonchev–Trinajstić information content (AvgIpc) is 3.11. The maximum absolute atomic E-state index is 12.8. The van der Waals surface area contributed by atoms with Gasteiger partial charge in [0.05, 0.1) is 0 Å². The van der Waals surface area contributed by atoms with Crippen molar-refractivity contribution in [2.24, 2.45) is 0 Å². The van der Waals surface area contributed by atoms with Gasteiger partial charge >= 0.3 is 0 Å². The van der Waals surface area contributed by atoms with Gasteiger partial charge in [0.2, 0.25) is 5.91 Å². The molecule has 0 bridgehead atoms. The van der Waals surface area contributed by atoms with Crippen molar-refractivity contribution in [3.8, 4) is 0 Å². The maximum atomic E-state index is 12.8. The van der Waals surface area contributed by atoms with Crippen LogP contribution in [0.25, 0.3) is 0 Å². The van der Waals surface area contributed by atoms with Gasteiger partial charge in [-0.1, -0.05) is 30.3 Å². The van der Waals surface area contributed by atoms with Crippen molar-refractivity contribution in [2.45, 2.75) is 38.0 Å². The molecule has 1 saturated carbocycles. The highest BCUT2D eigenvalue weighted by molar-refractivity contribution is 7.08. The minimum Gasteiger partial charge on any atom is -0.317 e. The molecule has 1 aromatic carbocycles. The summed E-state index contributed by atoms with van der Waals surface area (Å²) in [5, 5.41) is 7.87. The van der Waals surface area contributed by atoms with Crippen LogP contribution in [0, 0.1) is 6.92 Å².